The molecule has 0 aromatic carbocycles. The molecule has 0 saturated heterocycles. The molecule has 0 aromatic rings. The van der Waals surface area contributed by atoms with Gasteiger partial charge in [0.15, 0.2) is 0 Å². The molecule has 2 N–H and O–H groups in total. The molecule has 0 radical (unpaired) electrons. The quantitative estimate of drug-likeness (QED) is 0.552. The van der Waals surface area contributed by atoms with Crippen molar-refractivity contribution in [2.24, 2.45) is 45.4 Å². The van der Waals surface area contributed by atoms with Gasteiger partial charge in [0, 0.05) is 18.3 Å². The molecule has 4 aliphatic rings. The molecule has 2 unspecified atom stereocenters. The van der Waals surface area contributed by atoms with E-state index in [-0.39, 0.29) is 34.9 Å². The van der Waals surface area contributed by atoms with Crippen LogP contribution in [0.5, 0.6) is 0 Å². The highest BCUT2D eigenvalue weighted by Gasteiger charge is 2.62. The lowest BCUT2D eigenvalue weighted by molar-refractivity contribution is -0.164. The lowest BCUT2D eigenvalue weighted by Gasteiger charge is -2.61. The Hall–Kier alpha value is -1.30. The third-order valence-electron chi connectivity index (χ3n) is 9.36. The maximum Gasteiger partial charge on any atom is 0.306 e. The van der Waals surface area contributed by atoms with E-state index in [1.54, 1.807) is 0 Å². The molecule has 4 rings (SSSR count). The van der Waals surface area contributed by atoms with E-state index in [1.807, 2.05) is 0 Å². The average Bonchev–Trinajstić information content (AvgIpc) is 3.01. The smallest absolute Gasteiger partial charge is 0.306 e. The number of nitrogens with two attached hydrogens (primary N) is 1. The van der Waals surface area contributed by atoms with Crippen LogP contribution in [-0.2, 0) is 14.3 Å². The SMILES string of the molecule is C[C@]12CC[C@H](OC(=O)CCCN)CC1C(N=O)C[C@@H]1[C@@H]2CC[C@]2(C)C(=O)CC[C@@H]12. The predicted octanol–water partition coefficient (Wildman–Crippen LogP) is 3.99. The van der Waals surface area contributed by atoms with Crippen molar-refractivity contribution in [2.75, 3.05) is 6.54 Å². The maximum absolute atomic E-state index is 12.6. The van der Waals surface area contributed by atoms with Crippen LogP contribution in [0.4, 0.5) is 0 Å². The van der Waals surface area contributed by atoms with Crippen LogP contribution in [0, 0.1) is 39.4 Å². The number of carbonyl (C=O) groups is 2. The highest BCUT2D eigenvalue weighted by atomic mass is 16.5. The minimum atomic E-state index is -0.232. The first kappa shape index (κ1) is 21.0. The Kier molecular flexibility index (Phi) is 5.60. The van der Waals surface area contributed by atoms with E-state index in [0.717, 1.165) is 44.9 Å². The van der Waals surface area contributed by atoms with Crippen LogP contribution in [0.15, 0.2) is 5.18 Å². The topological polar surface area (TPSA) is 98.8 Å². The third-order valence-corrected chi connectivity index (χ3v) is 9.36. The Bertz CT molecular complexity index is 682. The number of rotatable bonds is 5. The number of hydrogen-bond donors (Lipinski definition) is 1. The molecule has 4 saturated carbocycles. The number of Topliss-reactive ketones (excluding diaryl/α,β-unsaturated/α-hetero) is 1. The number of fused-ring (bicyclic) bond motifs is 5. The number of ketones is 1. The molecule has 6 heteroatoms. The van der Waals surface area contributed by atoms with E-state index < -0.39 is 0 Å². The summed E-state index contributed by atoms with van der Waals surface area (Å²) >= 11 is 0. The van der Waals surface area contributed by atoms with E-state index in [0.29, 0.717) is 49.3 Å². The van der Waals surface area contributed by atoms with Crippen LogP contribution in [0.2, 0.25) is 0 Å². The van der Waals surface area contributed by atoms with Crippen molar-refractivity contribution in [3.8, 4) is 0 Å². The fourth-order valence-electron chi connectivity index (χ4n) is 7.75. The molecule has 162 valence electrons. The first-order valence-corrected chi connectivity index (χ1v) is 11.6. The summed E-state index contributed by atoms with van der Waals surface area (Å²) in [4.78, 5) is 36.6. The number of nitroso groups, excluding NO2 is 1. The monoisotopic (exact) mass is 404 g/mol. The molecule has 4 fully saturated rings. The molecule has 6 nitrogen and oxygen atoms in total. The van der Waals surface area contributed by atoms with Gasteiger partial charge in [0.25, 0.3) is 0 Å². The zero-order chi connectivity index (χ0) is 20.8. The summed E-state index contributed by atoms with van der Waals surface area (Å²) in [6.07, 6.45) is 8.00. The van der Waals surface area contributed by atoms with Crippen molar-refractivity contribution < 1.29 is 14.3 Å². The zero-order valence-electron chi connectivity index (χ0n) is 17.9. The largest absolute Gasteiger partial charge is 0.462 e. The minimum absolute atomic E-state index is 0.0502. The van der Waals surface area contributed by atoms with Gasteiger partial charge in [-0.3, -0.25) is 9.59 Å². The van der Waals surface area contributed by atoms with Gasteiger partial charge in [-0.2, -0.15) is 4.91 Å². The molecule has 29 heavy (non-hydrogen) atoms. The minimum Gasteiger partial charge on any atom is -0.462 e. The summed E-state index contributed by atoms with van der Waals surface area (Å²) in [5, 5.41) is 3.60. The Morgan fingerprint density at radius 2 is 1.93 bits per heavy atom. The Morgan fingerprint density at radius 1 is 1.14 bits per heavy atom. The van der Waals surface area contributed by atoms with Crippen molar-refractivity contribution in [1.29, 1.82) is 0 Å². The van der Waals surface area contributed by atoms with Gasteiger partial charge in [-0.1, -0.05) is 19.0 Å². The van der Waals surface area contributed by atoms with Crippen LogP contribution in [0.3, 0.4) is 0 Å². The number of nitrogens with zero attached hydrogens (tertiary/aromatic N) is 1. The van der Waals surface area contributed by atoms with E-state index in [4.69, 9.17) is 10.5 Å². The fraction of sp³-hybridized carbons (Fsp3) is 0.913. The van der Waals surface area contributed by atoms with E-state index >= 15 is 0 Å². The average molecular weight is 405 g/mol. The van der Waals surface area contributed by atoms with Gasteiger partial charge in [0.05, 0.1) is 6.04 Å². The number of ether oxygens (including phenoxy) is 1. The second kappa shape index (κ2) is 7.75. The van der Waals surface area contributed by atoms with E-state index in [1.165, 1.54) is 0 Å². The first-order chi connectivity index (χ1) is 13.8. The predicted molar refractivity (Wildman–Crippen MR) is 110 cm³/mol. The van der Waals surface area contributed by atoms with Crippen molar-refractivity contribution in [3.63, 3.8) is 0 Å². The normalized spacial score (nSPS) is 46.4. The molecular weight excluding hydrogens is 368 g/mol. The van der Waals surface area contributed by atoms with Crippen LogP contribution < -0.4 is 5.73 Å². The Balaban J connectivity index is 1.52. The number of carbonyl (C=O) groups excluding carboxylic acids is 2. The van der Waals surface area contributed by atoms with Crippen LogP contribution in [-0.4, -0.2) is 30.4 Å². The van der Waals surface area contributed by atoms with Crippen molar-refractivity contribution in [2.45, 2.75) is 90.2 Å². The zero-order valence-corrected chi connectivity index (χ0v) is 17.9. The Labute approximate surface area is 173 Å². The van der Waals surface area contributed by atoms with Crippen LogP contribution in [0.1, 0.15) is 78.1 Å². The van der Waals surface area contributed by atoms with Crippen molar-refractivity contribution in [3.05, 3.63) is 4.91 Å². The number of esters is 1. The van der Waals surface area contributed by atoms with Gasteiger partial charge in [0.2, 0.25) is 0 Å². The summed E-state index contributed by atoms with van der Waals surface area (Å²) in [6.45, 7) is 5.00. The first-order valence-electron chi connectivity index (χ1n) is 11.6. The highest BCUT2D eigenvalue weighted by Crippen LogP contribution is 2.66. The van der Waals surface area contributed by atoms with Gasteiger partial charge in [0.1, 0.15) is 11.9 Å². The van der Waals surface area contributed by atoms with E-state index in [2.05, 4.69) is 19.0 Å². The van der Waals surface area contributed by atoms with Gasteiger partial charge in [-0.05, 0) is 87.0 Å². The second-order valence-corrected chi connectivity index (χ2v) is 10.6. The molecule has 8 atom stereocenters. The van der Waals surface area contributed by atoms with Gasteiger partial charge >= 0.3 is 5.97 Å². The van der Waals surface area contributed by atoms with E-state index in [9.17, 15) is 14.5 Å². The molecule has 0 amide bonds. The molecule has 0 aromatic heterocycles. The van der Waals surface area contributed by atoms with Crippen molar-refractivity contribution in [1.82, 2.24) is 0 Å². The molecule has 4 aliphatic carbocycles. The van der Waals surface area contributed by atoms with Gasteiger partial charge in [-0.15, -0.1) is 0 Å². The summed E-state index contributed by atoms with van der Waals surface area (Å²) in [7, 11) is 0. The summed E-state index contributed by atoms with van der Waals surface area (Å²) in [5.41, 5.74) is 5.36. The van der Waals surface area contributed by atoms with Crippen molar-refractivity contribution >= 4 is 11.8 Å². The summed E-state index contributed by atoms with van der Waals surface area (Å²) in [5.74, 6) is 1.80. The van der Waals surface area contributed by atoms with Crippen LogP contribution in [0.25, 0.3) is 0 Å². The van der Waals surface area contributed by atoms with Gasteiger partial charge < -0.3 is 10.5 Å². The molecule has 0 bridgehead atoms. The standard InChI is InChI=1S/C23H36N2O4/c1-22-9-7-14(29-21(27)4-3-11-24)12-18(22)19(25-28)13-15-16-5-6-20(26)23(16,2)10-8-17(15)22/h14-19H,3-13,24H2,1-2H3/t14-,15-,16-,17-,18?,19?,22+,23-/m0/s1. The lowest BCUT2D eigenvalue weighted by atomic mass is 9.44. The van der Waals surface area contributed by atoms with Gasteiger partial charge in [-0.25, -0.2) is 0 Å². The Morgan fingerprint density at radius 3 is 2.66 bits per heavy atom. The lowest BCUT2D eigenvalue weighted by Crippen LogP contribution is -2.58. The van der Waals surface area contributed by atoms with Crippen LogP contribution >= 0.6 is 0 Å². The third kappa shape index (κ3) is 3.35. The molecule has 0 spiro atoms. The number of hydrogen-bond acceptors (Lipinski definition) is 6. The fourth-order valence-corrected chi connectivity index (χ4v) is 7.75. The summed E-state index contributed by atoms with van der Waals surface area (Å²) < 4.78 is 5.73. The highest BCUT2D eigenvalue weighted by molar-refractivity contribution is 5.87. The molecule has 0 aliphatic heterocycles. The molecular formula is C23H36N2O4. The maximum atomic E-state index is 12.6. The molecule has 0 heterocycles. The second-order valence-electron chi connectivity index (χ2n) is 10.6. The summed E-state index contributed by atoms with van der Waals surface area (Å²) in [6, 6.07) is -0.232.